The Morgan fingerprint density at radius 2 is 1.43 bits per heavy atom. The molecular weight excluding hydrogens is 260 g/mol. The summed E-state index contributed by atoms with van der Waals surface area (Å²) in [6.45, 7) is 0. The van der Waals surface area contributed by atoms with Crippen molar-refractivity contribution in [2.45, 2.75) is 18.3 Å². The largest absolute Gasteiger partial charge is 0.493 e. The van der Waals surface area contributed by atoms with Gasteiger partial charge in [0, 0.05) is 11.8 Å². The zero-order valence-electron chi connectivity index (χ0n) is 12.1. The van der Waals surface area contributed by atoms with Gasteiger partial charge in [0.1, 0.15) is 0 Å². The highest BCUT2D eigenvalue weighted by Gasteiger charge is 2.37. The number of ketones is 1. The van der Waals surface area contributed by atoms with Crippen molar-refractivity contribution in [3.8, 4) is 0 Å². The summed E-state index contributed by atoms with van der Waals surface area (Å²) in [6, 6.07) is 20.6. The van der Waals surface area contributed by atoms with Crippen LogP contribution in [-0.2, 0) is 14.9 Å². The SMILES string of the molecule is COC1=CC(c2ccccc2)(c2ccccc2)CCC1=O. The number of benzene rings is 2. The lowest BCUT2D eigenvalue weighted by atomic mass is 9.68. The minimum atomic E-state index is -0.290. The van der Waals surface area contributed by atoms with Gasteiger partial charge in [-0.15, -0.1) is 0 Å². The summed E-state index contributed by atoms with van der Waals surface area (Å²) < 4.78 is 5.31. The lowest BCUT2D eigenvalue weighted by Crippen LogP contribution is -2.31. The summed E-state index contributed by atoms with van der Waals surface area (Å²) in [5.74, 6) is 0.550. The molecule has 0 spiro atoms. The molecule has 0 unspecified atom stereocenters. The molecule has 0 amide bonds. The second-order valence-electron chi connectivity index (χ2n) is 5.34. The van der Waals surface area contributed by atoms with Crippen LogP contribution in [0.25, 0.3) is 0 Å². The molecule has 0 aromatic heterocycles. The third-order valence-corrected chi connectivity index (χ3v) is 4.20. The van der Waals surface area contributed by atoms with E-state index in [0.29, 0.717) is 12.2 Å². The fraction of sp³-hybridized carbons (Fsp3) is 0.211. The van der Waals surface area contributed by atoms with Crippen LogP contribution in [0.3, 0.4) is 0 Å². The van der Waals surface area contributed by atoms with Crippen LogP contribution in [0.2, 0.25) is 0 Å². The van der Waals surface area contributed by atoms with Crippen LogP contribution in [-0.4, -0.2) is 12.9 Å². The fourth-order valence-electron chi connectivity index (χ4n) is 3.08. The number of allylic oxidation sites excluding steroid dienone is 2. The highest BCUT2D eigenvalue weighted by molar-refractivity contribution is 5.95. The van der Waals surface area contributed by atoms with Gasteiger partial charge in [-0.3, -0.25) is 4.79 Å². The van der Waals surface area contributed by atoms with Crippen molar-refractivity contribution in [1.82, 2.24) is 0 Å². The maximum Gasteiger partial charge on any atom is 0.197 e. The average molecular weight is 278 g/mol. The van der Waals surface area contributed by atoms with E-state index in [2.05, 4.69) is 24.3 Å². The Labute approximate surface area is 125 Å². The first-order chi connectivity index (χ1) is 10.3. The van der Waals surface area contributed by atoms with Crippen LogP contribution in [0.15, 0.2) is 72.5 Å². The smallest absolute Gasteiger partial charge is 0.197 e. The molecule has 2 aromatic carbocycles. The molecule has 3 rings (SSSR count). The third-order valence-electron chi connectivity index (χ3n) is 4.20. The molecule has 2 nitrogen and oxygen atoms in total. The second-order valence-corrected chi connectivity index (χ2v) is 5.34. The first-order valence-electron chi connectivity index (χ1n) is 7.17. The van der Waals surface area contributed by atoms with Gasteiger partial charge in [-0.2, -0.15) is 0 Å². The van der Waals surface area contributed by atoms with Crippen LogP contribution >= 0.6 is 0 Å². The summed E-state index contributed by atoms with van der Waals surface area (Å²) in [7, 11) is 1.57. The molecule has 0 radical (unpaired) electrons. The number of Topliss-reactive ketones (excluding diaryl/α,β-unsaturated/α-hetero) is 1. The van der Waals surface area contributed by atoms with E-state index in [1.165, 1.54) is 11.1 Å². The number of ether oxygens (including phenoxy) is 1. The molecule has 1 aliphatic carbocycles. The van der Waals surface area contributed by atoms with Gasteiger partial charge in [0.05, 0.1) is 7.11 Å². The molecule has 0 heterocycles. The topological polar surface area (TPSA) is 26.3 Å². The van der Waals surface area contributed by atoms with E-state index >= 15 is 0 Å². The van der Waals surface area contributed by atoms with Gasteiger partial charge in [-0.1, -0.05) is 60.7 Å². The predicted octanol–water partition coefficient (Wildman–Crippen LogP) is 3.87. The number of methoxy groups -OCH3 is 1. The van der Waals surface area contributed by atoms with Gasteiger partial charge in [-0.25, -0.2) is 0 Å². The van der Waals surface area contributed by atoms with Crippen molar-refractivity contribution in [3.05, 3.63) is 83.6 Å². The summed E-state index contributed by atoms with van der Waals surface area (Å²) in [5, 5.41) is 0. The summed E-state index contributed by atoms with van der Waals surface area (Å²) >= 11 is 0. The van der Waals surface area contributed by atoms with Gasteiger partial charge >= 0.3 is 0 Å². The van der Waals surface area contributed by atoms with E-state index < -0.39 is 0 Å². The molecular formula is C19H18O2. The molecule has 0 N–H and O–H groups in total. The number of hydrogen-bond donors (Lipinski definition) is 0. The highest BCUT2D eigenvalue weighted by atomic mass is 16.5. The van der Waals surface area contributed by atoms with Gasteiger partial charge in [-0.05, 0) is 23.6 Å². The maximum atomic E-state index is 12.0. The lowest BCUT2D eigenvalue weighted by Gasteiger charge is -2.35. The van der Waals surface area contributed by atoms with E-state index in [1.807, 2.05) is 42.5 Å². The zero-order valence-corrected chi connectivity index (χ0v) is 12.1. The van der Waals surface area contributed by atoms with E-state index in [4.69, 9.17) is 4.74 Å². The molecule has 0 saturated heterocycles. The Morgan fingerprint density at radius 1 is 0.905 bits per heavy atom. The number of carbonyl (C=O) groups is 1. The van der Waals surface area contributed by atoms with Crippen molar-refractivity contribution in [1.29, 1.82) is 0 Å². The third kappa shape index (κ3) is 2.38. The standard InChI is InChI=1S/C19H18O2/c1-21-18-14-19(13-12-17(18)20,15-8-4-2-5-9-15)16-10-6-3-7-11-16/h2-11,14H,12-13H2,1H3. The van der Waals surface area contributed by atoms with Crippen LogP contribution in [0.4, 0.5) is 0 Å². The molecule has 0 bridgehead atoms. The molecule has 106 valence electrons. The monoisotopic (exact) mass is 278 g/mol. The average Bonchev–Trinajstić information content (AvgIpc) is 2.57. The maximum absolute atomic E-state index is 12.0. The number of hydrogen-bond acceptors (Lipinski definition) is 2. The Kier molecular flexibility index (Phi) is 3.61. The molecule has 21 heavy (non-hydrogen) atoms. The molecule has 2 aromatic rings. The van der Waals surface area contributed by atoms with E-state index in [1.54, 1.807) is 7.11 Å². The molecule has 0 fully saturated rings. The summed E-state index contributed by atoms with van der Waals surface area (Å²) in [4.78, 5) is 12.0. The molecule has 0 atom stereocenters. The van der Waals surface area contributed by atoms with E-state index in [0.717, 1.165) is 6.42 Å². The summed E-state index contributed by atoms with van der Waals surface area (Å²) in [6.07, 6.45) is 3.26. The van der Waals surface area contributed by atoms with Crippen LogP contribution in [0, 0.1) is 0 Å². The minimum absolute atomic E-state index is 0.0833. The Hall–Kier alpha value is -2.35. The molecule has 1 aliphatic rings. The Bertz CT molecular complexity index is 617. The molecule has 2 heteroatoms. The van der Waals surface area contributed by atoms with Crippen molar-refractivity contribution in [2.75, 3.05) is 7.11 Å². The zero-order chi connectivity index (χ0) is 14.7. The van der Waals surface area contributed by atoms with Gasteiger partial charge in [0.25, 0.3) is 0 Å². The lowest BCUT2D eigenvalue weighted by molar-refractivity contribution is -0.119. The van der Waals surface area contributed by atoms with Gasteiger partial charge in [0.15, 0.2) is 11.5 Å². The predicted molar refractivity (Wildman–Crippen MR) is 83.0 cm³/mol. The van der Waals surface area contributed by atoms with Crippen molar-refractivity contribution < 1.29 is 9.53 Å². The fourth-order valence-corrected chi connectivity index (χ4v) is 3.08. The normalized spacial score (nSPS) is 17.2. The Morgan fingerprint density at radius 3 is 1.90 bits per heavy atom. The van der Waals surface area contributed by atoms with E-state index in [9.17, 15) is 4.79 Å². The van der Waals surface area contributed by atoms with Crippen LogP contribution in [0.5, 0.6) is 0 Å². The van der Waals surface area contributed by atoms with Crippen LogP contribution in [0.1, 0.15) is 24.0 Å². The van der Waals surface area contributed by atoms with Crippen molar-refractivity contribution in [3.63, 3.8) is 0 Å². The van der Waals surface area contributed by atoms with Gasteiger partial charge < -0.3 is 4.74 Å². The quantitative estimate of drug-likeness (QED) is 0.852. The number of carbonyl (C=O) groups excluding carboxylic acids is 1. The van der Waals surface area contributed by atoms with Crippen LogP contribution < -0.4 is 0 Å². The first-order valence-corrected chi connectivity index (χ1v) is 7.17. The van der Waals surface area contributed by atoms with Crippen molar-refractivity contribution in [2.24, 2.45) is 0 Å². The van der Waals surface area contributed by atoms with Gasteiger partial charge in [0.2, 0.25) is 0 Å². The Balaban J connectivity index is 2.22. The second kappa shape index (κ2) is 5.57. The summed E-state index contributed by atoms with van der Waals surface area (Å²) in [5.41, 5.74) is 2.10. The highest BCUT2D eigenvalue weighted by Crippen LogP contribution is 2.42. The number of rotatable bonds is 3. The molecule has 0 saturated carbocycles. The first kappa shape index (κ1) is 13.6. The minimum Gasteiger partial charge on any atom is -0.493 e. The van der Waals surface area contributed by atoms with Crippen molar-refractivity contribution >= 4 is 5.78 Å². The van der Waals surface area contributed by atoms with E-state index in [-0.39, 0.29) is 11.2 Å². The molecule has 0 aliphatic heterocycles.